The van der Waals surface area contributed by atoms with E-state index in [1.807, 2.05) is 0 Å². The van der Waals surface area contributed by atoms with Crippen LogP contribution in [0.1, 0.15) is 12.8 Å². The average Bonchev–Trinajstić information content (AvgIpc) is 2.34. The second-order valence-corrected chi connectivity index (χ2v) is 5.09. The van der Waals surface area contributed by atoms with E-state index in [-0.39, 0.29) is 17.3 Å². The number of hydrogen-bond acceptors (Lipinski definition) is 4. The topological polar surface area (TPSA) is 38.7 Å². The van der Waals surface area contributed by atoms with Crippen molar-refractivity contribution in [2.45, 2.75) is 24.4 Å². The third-order valence-electron chi connectivity index (χ3n) is 2.69. The van der Waals surface area contributed by atoms with E-state index in [2.05, 4.69) is 0 Å². The number of benzene rings is 1. The summed E-state index contributed by atoms with van der Waals surface area (Å²) in [5.41, 5.74) is -0.113. The number of ether oxygens (including phenoxy) is 2. The molecule has 1 aliphatic heterocycles. The molecule has 0 amide bonds. The number of phenols is 1. The van der Waals surface area contributed by atoms with E-state index < -0.39 is 5.82 Å². The summed E-state index contributed by atoms with van der Waals surface area (Å²) in [6.45, 7) is 0. The summed E-state index contributed by atoms with van der Waals surface area (Å²) in [5, 5.41) is 9.09. The molecule has 2 rings (SSSR count). The van der Waals surface area contributed by atoms with Crippen LogP contribution in [0, 0.1) is 5.82 Å². The van der Waals surface area contributed by atoms with E-state index in [0.717, 1.165) is 18.6 Å². The zero-order valence-corrected chi connectivity index (χ0v) is 10.4. The Balaban J connectivity index is 2.05. The van der Waals surface area contributed by atoms with E-state index >= 15 is 0 Å². The summed E-state index contributed by atoms with van der Waals surface area (Å²) < 4.78 is 24.2. The van der Waals surface area contributed by atoms with Crippen LogP contribution in [0.2, 0.25) is 0 Å². The molecule has 1 saturated heterocycles. The fourth-order valence-electron chi connectivity index (χ4n) is 1.76. The molecule has 2 atom stereocenters. The number of rotatable bonds is 3. The van der Waals surface area contributed by atoms with Crippen LogP contribution >= 0.6 is 11.8 Å². The third-order valence-corrected chi connectivity index (χ3v) is 3.95. The highest BCUT2D eigenvalue weighted by Crippen LogP contribution is 2.31. The molecule has 0 bridgehead atoms. The van der Waals surface area contributed by atoms with Crippen LogP contribution in [0.25, 0.3) is 0 Å². The van der Waals surface area contributed by atoms with Crippen LogP contribution < -0.4 is 4.74 Å². The molecule has 0 aliphatic carbocycles. The van der Waals surface area contributed by atoms with Gasteiger partial charge in [-0.05, 0) is 30.7 Å². The summed E-state index contributed by atoms with van der Waals surface area (Å²) in [6, 6.07) is 4.04. The second kappa shape index (κ2) is 5.60. The Morgan fingerprint density at radius 3 is 3.00 bits per heavy atom. The minimum absolute atomic E-state index is 0.0330. The number of hydrogen-bond donors (Lipinski definition) is 1. The highest BCUT2D eigenvalue weighted by atomic mass is 32.2. The minimum Gasteiger partial charge on any atom is -0.505 e. The number of halogens is 1. The highest BCUT2D eigenvalue weighted by molar-refractivity contribution is 7.99. The van der Waals surface area contributed by atoms with Gasteiger partial charge >= 0.3 is 0 Å². The molecule has 5 heteroatoms. The quantitative estimate of drug-likeness (QED) is 0.904. The predicted octanol–water partition coefficient (Wildman–Crippen LogP) is 2.78. The Kier molecular flexibility index (Phi) is 4.12. The lowest BCUT2D eigenvalue weighted by molar-refractivity contribution is 0.0327. The Bertz CT molecular complexity index is 386. The fourth-order valence-corrected chi connectivity index (χ4v) is 2.97. The molecule has 1 heterocycles. The maximum Gasteiger partial charge on any atom is 0.170 e. The third kappa shape index (κ3) is 3.04. The van der Waals surface area contributed by atoms with Gasteiger partial charge in [-0.15, -0.1) is 11.8 Å². The molecule has 3 nitrogen and oxygen atoms in total. The van der Waals surface area contributed by atoms with Crippen LogP contribution in [-0.4, -0.2) is 29.5 Å². The first-order valence-corrected chi connectivity index (χ1v) is 6.55. The molecule has 94 valence electrons. The van der Waals surface area contributed by atoms with Gasteiger partial charge in [0.2, 0.25) is 0 Å². The van der Waals surface area contributed by atoms with E-state index in [1.54, 1.807) is 24.9 Å². The van der Waals surface area contributed by atoms with E-state index in [4.69, 9.17) is 14.6 Å². The van der Waals surface area contributed by atoms with Gasteiger partial charge in [0, 0.05) is 13.2 Å². The zero-order chi connectivity index (χ0) is 12.3. The smallest absolute Gasteiger partial charge is 0.170 e. The van der Waals surface area contributed by atoms with E-state index in [9.17, 15) is 4.39 Å². The fraction of sp³-hybridized carbons (Fsp3) is 0.500. The van der Waals surface area contributed by atoms with Gasteiger partial charge in [-0.2, -0.15) is 0 Å². The lowest BCUT2D eigenvalue weighted by atomic mass is 10.2. The maximum absolute atomic E-state index is 13.1. The Morgan fingerprint density at radius 2 is 2.29 bits per heavy atom. The molecule has 1 aliphatic rings. The maximum atomic E-state index is 13.1. The van der Waals surface area contributed by atoms with Gasteiger partial charge in [0.05, 0.1) is 0 Å². The van der Waals surface area contributed by atoms with Gasteiger partial charge in [0.1, 0.15) is 11.9 Å². The lowest BCUT2D eigenvalue weighted by Crippen LogP contribution is -2.34. The largest absolute Gasteiger partial charge is 0.505 e. The van der Waals surface area contributed by atoms with E-state index in [1.165, 1.54) is 12.1 Å². The number of phenolic OH excluding ortho intramolecular Hbond substituents is 1. The van der Waals surface area contributed by atoms with Gasteiger partial charge in [-0.3, -0.25) is 0 Å². The van der Waals surface area contributed by atoms with Crippen molar-refractivity contribution in [3.63, 3.8) is 0 Å². The Morgan fingerprint density at radius 1 is 1.47 bits per heavy atom. The van der Waals surface area contributed by atoms with Gasteiger partial charge in [-0.25, -0.2) is 4.39 Å². The Hall–Kier alpha value is -0.940. The van der Waals surface area contributed by atoms with Crippen molar-refractivity contribution in [1.29, 1.82) is 0 Å². The number of thioether (sulfide) groups is 1. The van der Waals surface area contributed by atoms with Crippen molar-refractivity contribution in [2.24, 2.45) is 0 Å². The SMILES string of the molecule is COC1CCCS[C@H]1Oc1ccc(O)c(F)c1. The normalized spacial score (nSPS) is 24.6. The summed E-state index contributed by atoms with van der Waals surface area (Å²) >= 11 is 1.67. The summed E-state index contributed by atoms with van der Waals surface area (Å²) in [7, 11) is 1.66. The first-order valence-electron chi connectivity index (χ1n) is 5.50. The molecule has 1 fully saturated rings. The summed E-state index contributed by atoms with van der Waals surface area (Å²) in [5.74, 6) is 0.404. The highest BCUT2D eigenvalue weighted by Gasteiger charge is 2.27. The van der Waals surface area contributed by atoms with Crippen LogP contribution in [0.3, 0.4) is 0 Å². The van der Waals surface area contributed by atoms with Crippen LogP contribution in [0.15, 0.2) is 18.2 Å². The first-order chi connectivity index (χ1) is 8.20. The van der Waals surface area contributed by atoms with Crippen LogP contribution in [-0.2, 0) is 4.74 Å². The van der Waals surface area contributed by atoms with Crippen molar-refractivity contribution in [1.82, 2.24) is 0 Å². The first kappa shape index (κ1) is 12.5. The van der Waals surface area contributed by atoms with Gasteiger partial charge in [0.25, 0.3) is 0 Å². The van der Waals surface area contributed by atoms with Gasteiger partial charge < -0.3 is 14.6 Å². The molecule has 0 aromatic heterocycles. The molecule has 17 heavy (non-hydrogen) atoms. The minimum atomic E-state index is -0.669. The summed E-state index contributed by atoms with van der Waals surface area (Å²) in [6.07, 6.45) is 2.09. The van der Waals surface area contributed by atoms with Crippen LogP contribution in [0.4, 0.5) is 4.39 Å². The van der Waals surface area contributed by atoms with Crippen molar-refractivity contribution < 1.29 is 19.0 Å². The zero-order valence-electron chi connectivity index (χ0n) is 9.56. The molecule has 1 aromatic carbocycles. The summed E-state index contributed by atoms with van der Waals surface area (Å²) in [4.78, 5) is 0. The predicted molar refractivity (Wildman–Crippen MR) is 65.0 cm³/mol. The lowest BCUT2D eigenvalue weighted by Gasteiger charge is -2.30. The standard InChI is InChI=1S/C12H15FO3S/c1-15-11-3-2-6-17-12(11)16-8-4-5-10(14)9(13)7-8/h4-5,7,11-12,14H,2-3,6H2,1H3/t11?,12-/m1/s1. The molecule has 1 unspecified atom stereocenters. The second-order valence-electron chi connectivity index (χ2n) is 3.89. The van der Waals surface area contributed by atoms with E-state index in [0.29, 0.717) is 5.75 Å². The van der Waals surface area contributed by atoms with Gasteiger partial charge in [-0.1, -0.05) is 0 Å². The van der Waals surface area contributed by atoms with Crippen molar-refractivity contribution in [2.75, 3.05) is 12.9 Å². The molecule has 0 radical (unpaired) electrons. The Labute approximate surface area is 104 Å². The van der Waals surface area contributed by atoms with Crippen LogP contribution in [0.5, 0.6) is 11.5 Å². The molecular formula is C12H15FO3S. The molecule has 0 saturated carbocycles. The molecule has 0 spiro atoms. The molecule has 1 N–H and O–H groups in total. The number of methoxy groups -OCH3 is 1. The van der Waals surface area contributed by atoms with Crippen molar-refractivity contribution in [3.8, 4) is 11.5 Å². The molecule has 1 aromatic rings. The average molecular weight is 258 g/mol. The molecular weight excluding hydrogens is 243 g/mol. The van der Waals surface area contributed by atoms with Crippen molar-refractivity contribution in [3.05, 3.63) is 24.0 Å². The van der Waals surface area contributed by atoms with Crippen molar-refractivity contribution >= 4 is 11.8 Å². The monoisotopic (exact) mass is 258 g/mol. The number of aromatic hydroxyl groups is 1. The van der Waals surface area contributed by atoms with Gasteiger partial charge in [0.15, 0.2) is 17.0 Å².